The number of aliphatic hydroxyl groups is 1. The van der Waals surface area contributed by atoms with Gasteiger partial charge in [0, 0.05) is 29.2 Å². The maximum Gasteiger partial charge on any atom is 0.268 e. The van der Waals surface area contributed by atoms with Crippen LogP contribution in [0.25, 0.3) is 21.9 Å². The number of anilines is 1. The number of rotatable bonds is 10. The van der Waals surface area contributed by atoms with Crippen molar-refractivity contribution in [2.75, 3.05) is 39.3 Å². The van der Waals surface area contributed by atoms with Gasteiger partial charge in [-0.1, -0.05) is 42.5 Å². The minimum Gasteiger partial charge on any atom is -0.455 e. The number of carbonyl (C=O) groups excluding carboxylic acids is 1. The summed E-state index contributed by atoms with van der Waals surface area (Å²) < 4.78 is 19.0. The van der Waals surface area contributed by atoms with Crippen LogP contribution < -0.4 is 20.2 Å². The Morgan fingerprint density at radius 1 is 1.00 bits per heavy atom. The lowest BCUT2D eigenvalue weighted by molar-refractivity contribution is 0.0861. The van der Waals surface area contributed by atoms with Crippen molar-refractivity contribution < 1.29 is 23.8 Å². The molecule has 0 saturated heterocycles. The van der Waals surface area contributed by atoms with E-state index in [2.05, 4.69) is 5.32 Å². The molecule has 1 aromatic heterocycles. The van der Waals surface area contributed by atoms with Crippen LogP contribution in [0.1, 0.15) is 21.5 Å². The minimum atomic E-state index is -0.259. The SMILES string of the molecule is CN(C)CCNc1ccc(CO)c2oc3ccc(SN(Cc4ccccc4)C(=O)c4cccc5c4OCO5)cc3c(=O)c12. The molecule has 0 radical (unpaired) electrons. The van der Waals surface area contributed by atoms with Crippen LogP contribution in [0.3, 0.4) is 0 Å². The van der Waals surface area contributed by atoms with Crippen LogP contribution in [0.2, 0.25) is 0 Å². The molecule has 43 heavy (non-hydrogen) atoms. The fourth-order valence-electron chi connectivity index (χ4n) is 4.99. The molecule has 0 bridgehead atoms. The molecule has 1 aliphatic heterocycles. The van der Waals surface area contributed by atoms with E-state index in [0.29, 0.717) is 68.2 Å². The van der Waals surface area contributed by atoms with Gasteiger partial charge in [0.25, 0.3) is 5.91 Å². The third-order valence-corrected chi connectivity index (χ3v) is 8.14. The predicted molar refractivity (Wildman–Crippen MR) is 168 cm³/mol. The second-order valence-electron chi connectivity index (χ2n) is 10.4. The zero-order chi connectivity index (χ0) is 29.9. The Morgan fingerprint density at radius 2 is 1.84 bits per heavy atom. The lowest BCUT2D eigenvalue weighted by atomic mass is 10.1. The first-order chi connectivity index (χ1) is 20.9. The van der Waals surface area contributed by atoms with E-state index in [4.69, 9.17) is 13.9 Å². The number of aliphatic hydroxyl groups excluding tert-OH is 1. The predicted octanol–water partition coefficient (Wildman–Crippen LogP) is 5.49. The molecule has 10 heteroatoms. The highest BCUT2D eigenvalue weighted by Crippen LogP contribution is 2.38. The average Bonchev–Trinajstić information content (AvgIpc) is 3.50. The van der Waals surface area contributed by atoms with Gasteiger partial charge in [0.05, 0.1) is 29.5 Å². The molecular weight excluding hydrogens is 566 g/mol. The average molecular weight is 598 g/mol. The van der Waals surface area contributed by atoms with Crippen molar-refractivity contribution in [1.29, 1.82) is 0 Å². The second kappa shape index (κ2) is 12.4. The molecule has 1 amide bonds. The normalized spacial score (nSPS) is 12.3. The lowest BCUT2D eigenvalue weighted by Crippen LogP contribution is -2.24. The zero-order valence-corrected chi connectivity index (χ0v) is 24.6. The summed E-state index contributed by atoms with van der Waals surface area (Å²) in [6.07, 6.45) is 0. The Hall–Kier alpha value is -4.51. The van der Waals surface area contributed by atoms with Crippen LogP contribution in [0.4, 0.5) is 5.69 Å². The Balaban J connectivity index is 1.40. The summed E-state index contributed by atoms with van der Waals surface area (Å²) in [4.78, 5) is 30.6. The maximum atomic E-state index is 14.0. The van der Waals surface area contributed by atoms with Gasteiger partial charge in [0.1, 0.15) is 11.2 Å². The molecule has 0 spiro atoms. The summed E-state index contributed by atoms with van der Waals surface area (Å²) in [5, 5.41) is 14.1. The first-order valence-electron chi connectivity index (χ1n) is 13.9. The molecule has 4 aromatic carbocycles. The van der Waals surface area contributed by atoms with E-state index in [1.807, 2.05) is 55.4 Å². The Bertz CT molecular complexity index is 1860. The number of benzene rings is 4. The molecule has 2 heterocycles. The summed E-state index contributed by atoms with van der Waals surface area (Å²) in [6, 6.07) is 23.8. The fourth-order valence-corrected chi connectivity index (χ4v) is 5.93. The van der Waals surface area contributed by atoms with Crippen molar-refractivity contribution in [1.82, 2.24) is 9.21 Å². The first kappa shape index (κ1) is 28.6. The van der Waals surface area contributed by atoms with Crippen LogP contribution in [-0.4, -0.2) is 54.2 Å². The largest absolute Gasteiger partial charge is 0.455 e. The molecule has 220 valence electrons. The van der Waals surface area contributed by atoms with Gasteiger partial charge in [-0.2, -0.15) is 0 Å². The molecule has 0 atom stereocenters. The van der Waals surface area contributed by atoms with Gasteiger partial charge in [-0.15, -0.1) is 0 Å². The quantitative estimate of drug-likeness (QED) is 0.160. The molecule has 1 aliphatic rings. The van der Waals surface area contributed by atoms with Gasteiger partial charge in [-0.05, 0) is 68.0 Å². The molecule has 0 unspecified atom stereocenters. The number of nitrogens with zero attached hydrogens (tertiary/aromatic N) is 2. The highest BCUT2D eigenvalue weighted by Gasteiger charge is 2.27. The monoisotopic (exact) mass is 597 g/mol. The molecular formula is C33H31N3O6S. The number of para-hydroxylation sites is 1. The maximum absolute atomic E-state index is 14.0. The number of carbonyl (C=O) groups is 1. The minimum absolute atomic E-state index is 0.0594. The van der Waals surface area contributed by atoms with Crippen LogP contribution in [-0.2, 0) is 13.2 Å². The van der Waals surface area contributed by atoms with Gasteiger partial charge >= 0.3 is 0 Å². The van der Waals surface area contributed by atoms with Crippen LogP contribution in [0.5, 0.6) is 11.5 Å². The van der Waals surface area contributed by atoms with Gasteiger partial charge in [0.15, 0.2) is 11.5 Å². The molecule has 9 nitrogen and oxygen atoms in total. The van der Waals surface area contributed by atoms with E-state index in [1.54, 1.807) is 46.8 Å². The van der Waals surface area contributed by atoms with E-state index < -0.39 is 0 Å². The number of fused-ring (bicyclic) bond motifs is 3. The standard InChI is InChI=1S/C33H31N3O6S/c1-35(2)16-15-34-26-13-11-22(19-37)31-29(26)30(38)25-17-23(12-14-27(25)42-31)43-36(18-21-7-4-3-5-8-21)33(39)24-9-6-10-28-32(24)41-20-40-28/h3-14,17,34,37H,15-16,18-20H2,1-2H3. The number of likely N-dealkylation sites (N-methyl/N-ethyl adjacent to an activating group) is 1. The van der Waals surface area contributed by atoms with Crippen molar-refractivity contribution in [3.05, 3.63) is 106 Å². The molecule has 0 aliphatic carbocycles. The van der Waals surface area contributed by atoms with Crippen LogP contribution >= 0.6 is 11.9 Å². The van der Waals surface area contributed by atoms with E-state index in [9.17, 15) is 14.7 Å². The smallest absolute Gasteiger partial charge is 0.268 e. The number of hydrogen-bond acceptors (Lipinski definition) is 9. The van der Waals surface area contributed by atoms with E-state index >= 15 is 0 Å². The second-order valence-corrected chi connectivity index (χ2v) is 11.5. The third-order valence-electron chi connectivity index (χ3n) is 7.16. The van der Waals surface area contributed by atoms with Crippen molar-refractivity contribution in [2.45, 2.75) is 18.0 Å². The van der Waals surface area contributed by atoms with Gasteiger partial charge < -0.3 is 29.2 Å². The Morgan fingerprint density at radius 3 is 2.63 bits per heavy atom. The first-order valence-corrected chi connectivity index (χ1v) is 14.6. The summed E-state index contributed by atoms with van der Waals surface area (Å²) in [5.74, 6) is 0.704. The highest BCUT2D eigenvalue weighted by molar-refractivity contribution is 7.97. The summed E-state index contributed by atoms with van der Waals surface area (Å²) in [7, 11) is 3.96. The fraction of sp³-hybridized carbons (Fsp3) is 0.212. The summed E-state index contributed by atoms with van der Waals surface area (Å²) in [5.41, 5.74) is 3.06. The molecule has 0 fully saturated rings. The van der Waals surface area contributed by atoms with Crippen molar-refractivity contribution >= 4 is 45.5 Å². The van der Waals surface area contributed by atoms with Gasteiger partial charge in [-0.25, -0.2) is 0 Å². The molecule has 6 rings (SSSR count). The molecule has 5 aromatic rings. The van der Waals surface area contributed by atoms with Gasteiger partial charge in [-0.3, -0.25) is 13.9 Å². The van der Waals surface area contributed by atoms with Crippen molar-refractivity contribution in [3.8, 4) is 11.5 Å². The van der Waals surface area contributed by atoms with Crippen molar-refractivity contribution in [2.24, 2.45) is 0 Å². The third kappa shape index (κ3) is 5.90. The lowest BCUT2D eigenvalue weighted by Gasteiger charge is -2.22. The number of amides is 1. The van der Waals surface area contributed by atoms with Gasteiger partial charge in [0.2, 0.25) is 12.2 Å². The number of nitrogens with one attached hydrogen (secondary N) is 1. The number of hydrogen-bond donors (Lipinski definition) is 2. The Kier molecular flexibility index (Phi) is 8.24. The van der Waals surface area contributed by atoms with E-state index in [1.165, 1.54) is 11.9 Å². The van der Waals surface area contributed by atoms with E-state index in [0.717, 1.165) is 12.1 Å². The number of ether oxygens (including phenoxy) is 2. The van der Waals surface area contributed by atoms with Crippen LogP contribution in [0.15, 0.2) is 93.0 Å². The topological polar surface area (TPSA) is 104 Å². The summed E-state index contributed by atoms with van der Waals surface area (Å²) in [6.45, 7) is 1.52. The molecule has 0 saturated carbocycles. The van der Waals surface area contributed by atoms with Crippen molar-refractivity contribution in [3.63, 3.8) is 0 Å². The summed E-state index contributed by atoms with van der Waals surface area (Å²) >= 11 is 1.24. The van der Waals surface area contributed by atoms with Crippen LogP contribution in [0, 0.1) is 0 Å². The highest BCUT2D eigenvalue weighted by atomic mass is 32.2. The zero-order valence-electron chi connectivity index (χ0n) is 23.8. The molecule has 2 N–H and O–H groups in total. The van der Waals surface area contributed by atoms with E-state index in [-0.39, 0.29) is 24.7 Å². The Labute approximate surface area is 252 Å².